The van der Waals surface area contributed by atoms with E-state index < -0.39 is 24.3 Å². The van der Waals surface area contributed by atoms with Crippen molar-refractivity contribution in [3.8, 4) is 0 Å². The minimum atomic E-state index is -1.12. The molecule has 1 amide bonds. The molecule has 0 aliphatic rings. The van der Waals surface area contributed by atoms with Gasteiger partial charge in [0.1, 0.15) is 0 Å². The van der Waals surface area contributed by atoms with Crippen LogP contribution in [0.5, 0.6) is 0 Å². The summed E-state index contributed by atoms with van der Waals surface area (Å²) in [6.45, 7) is 3.10. The predicted octanol–water partition coefficient (Wildman–Crippen LogP) is 2.02. The molecule has 0 bridgehead atoms. The number of carboxylic acid groups (broad SMARTS) is 1. The Morgan fingerprint density at radius 1 is 1.30 bits per heavy atom. The molecule has 6 nitrogen and oxygen atoms in total. The van der Waals surface area contributed by atoms with Gasteiger partial charge in [0.2, 0.25) is 5.91 Å². The van der Waals surface area contributed by atoms with Crippen molar-refractivity contribution in [2.75, 3.05) is 35.1 Å². The lowest BCUT2D eigenvalue weighted by atomic mass is 10.1. The van der Waals surface area contributed by atoms with E-state index in [2.05, 4.69) is 5.32 Å². The summed E-state index contributed by atoms with van der Waals surface area (Å²) in [6.07, 6.45) is -0.421. The van der Waals surface area contributed by atoms with Crippen LogP contribution < -0.4 is 16.0 Å². The molecule has 0 fully saturated rings. The number of aryl methyl sites for hydroxylation is 1. The SMILES string of the molecule is Cc1ccc(N(CCCl)CCCl)cc1NC(=O)C(N)CC(=O)O. The molecule has 128 valence electrons. The molecule has 23 heavy (non-hydrogen) atoms. The van der Waals surface area contributed by atoms with Crippen LogP contribution in [0.1, 0.15) is 12.0 Å². The van der Waals surface area contributed by atoms with E-state index in [0.717, 1.165) is 11.3 Å². The van der Waals surface area contributed by atoms with Crippen LogP contribution in [0.4, 0.5) is 11.4 Å². The lowest BCUT2D eigenvalue weighted by molar-refractivity contribution is -0.138. The molecule has 0 saturated carbocycles. The Morgan fingerprint density at radius 2 is 1.91 bits per heavy atom. The molecule has 1 unspecified atom stereocenters. The maximum absolute atomic E-state index is 12.0. The number of aliphatic carboxylic acids is 1. The molecule has 1 atom stereocenters. The molecule has 0 spiro atoms. The van der Waals surface area contributed by atoms with Gasteiger partial charge in [-0.05, 0) is 24.6 Å². The van der Waals surface area contributed by atoms with Gasteiger partial charge in [-0.15, -0.1) is 23.2 Å². The van der Waals surface area contributed by atoms with E-state index in [4.69, 9.17) is 34.0 Å². The van der Waals surface area contributed by atoms with Crippen molar-refractivity contribution in [1.82, 2.24) is 0 Å². The van der Waals surface area contributed by atoms with Crippen LogP contribution in [0, 0.1) is 6.92 Å². The molecule has 0 saturated heterocycles. The normalized spacial score (nSPS) is 11.8. The van der Waals surface area contributed by atoms with Crippen molar-refractivity contribution in [2.45, 2.75) is 19.4 Å². The molecule has 0 aliphatic carbocycles. The largest absolute Gasteiger partial charge is 0.481 e. The van der Waals surface area contributed by atoms with Crippen molar-refractivity contribution in [3.05, 3.63) is 23.8 Å². The summed E-state index contributed by atoms with van der Waals surface area (Å²) in [5.74, 6) is -0.742. The molecule has 4 N–H and O–H groups in total. The minimum Gasteiger partial charge on any atom is -0.481 e. The number of alkyl halides is 2. The number of carbonyl (C=O) groups excluding carboxylic acids is 1. The number of nitrogens with two attached hydrogens (primary N) is 1. The lowest BCUT2D eigenvalue weighted by Crippen LogP contribution is -2.37. The molecule has 1 rings (SSSR count). The fourth-order valence-electron chi connectivity index (χ4n) is 2.02. The summed E-state index contributed by atoms with van der Waals surface area (Å²) in [6, 6.07) is 4.49. The summed E-state index contributed by atoms with van der Waals surface area (Å²) >= 11 is 11.6. The molecular formula is C15H21Cl2N3O3. The zero-order chi connectivity index (χ0) is 17.4. The average Bonchev–Trinajstić information content (AvgIpc) is 2.48. The molecule has 0 aliphatic heterocycles. The lowest BCUT2D eigenvalue weighted by Gasteiger charge is -2.24. The minimum absolute atomic E-state index is 0.421. The highest BCUT2D eigenvalue weighted by Gasteiger charge is 2.18. The van der Waals surface area contributed by atoms with E-state index in [0.29, 0.717) is 30.5 Å². The van der Waals surface area contributed by atoms with Crippen molar-refractivity contribution in [2.24, 2.45) is 5.73 Å². The number of amides is 1. The van der Waals surface area contributed by atoms with Gasteiger partial charge in [0.15, 0.2) is 0 Å². The summed E-state index contributed by atoms with van der Waals surface area (Å²) in [7, 11) is 0. The molecule has 0 aromatic heterocycles. The van der Waals surface area contributed by atoms with E-state index in [1.54, 1.807) is 6.07 Å². The summed E-state index contributed by atoms with van der Waals surface area (Å²) < 4.78 is 0. The van der Waals surface area contributed by atoms with Crippen LogP contribution in [0.2, 0.25) is 0 Å². The van der Waals surface area contributed by atoms with E-state index in [1.807, 2.05) is 24.0 Å². The maximum atomic E-state index is 12.0. The van der Waals surface area contributed by atoms with Crippen molar-refractivity contribution in [1.29, 1.82) is 0 Å². The van der Waals surface area contributed by atoms with Gasteiger partial charge in [-0.25, -0.2) is 0 Å². The predicted molar refractivity (Wildman–Crippen MR) is 93.7 cm³/mol. The Labute approximate surface area is 145 Å². The van der Waals surface area contributed by atoms with Gasteiger partial charge in [-0.1, -0.05) is 6.07 Å². The first-order valence-electron chi connectivity index (χ1n) is 7.14. The van der Waals surface area contributed by atoms with E-state index in [-0.39, 0.29) is 0 Å². The number of nitrogens with zero attached hydrogens (tertiary/aromatic N) is 1. The molecular weight excluding hydrogens is 341 g/mol. The van der Waals surface area contributed by atoms with Crippen molar-refractivity contribution in [3.63, 3.8) is 0 Å². The Balaban J connectivity index is 2.92. The highest BCUT2D eigenvalue weighted by Crippen LogP contribution is 2.23. The second-order valence-electron chi connectivity index (χ2n) is 5.06. The number of rotatable bonds is 9. The molecule has 8 heteroatoms. The first kappa shape index (κ1) is 19.5. The third-order valence-electron chi connectivity index (χ3n) is 3.28. The summed E-state index contributed by atoms with van der Waals surface area (Å²) in [5, 5.41) is 11.4. The maximum Gasteiger partial charge on any atom is 0.305 e. The molecule has 0 radical (unpaired) electrons. The number of carboxylic acids is 1. The third-order valence-corrected chi connectivity index (χ3v) is 3.62. The smallest absolute Gasteiger partial charge is 0.305 e. The van der Waals surface area contributed by atoms with Gasteiger partial charge in [0, 0.05) is 36.2 Å². The van der Waals surface area contributed by atoms with E-state index in [9.17, 15) is 9.59 Å². The number of carbonyl (C=O) groups is 2. The zero-order valence-electron chi connectivity index (χ0n) is 12.9. The van der Waals surface area contributed by atoms with Crippen LogP contribution in [0.25, 0.3) is 0 Å². The third kappa shape index (κ3) is 6.25. The topological polar surface area (TPSA) is 95.7 Å². The van der Waals surface area contributed by atoms with Gasteiger partial charge in [-0.2, -0.15) is 0 Å². The second kappa shape index (κ2) is 9.60. The zero-order valence-corrected chi connectivity index (χ0v) is 14.4. The monoisotopic (exact) mass is 361 g/mol. The summed E-state index contributed by atoms with van der Waals surface area (Å²) in [4.78, 5) is 24.6. The van der Waals surface area contributed by atoms with Crippen LogP contribution >= 0.6 is 23.2 Å². The van der Waals surface area contributed by atoms with Crippen LogP contribution in [-0.2, 0) is 9.59 Å². The Morgan fingerprint density at radius 3 is 2.43 bits per heavy atom. The Kier molecular flexibility index (Phi) is 8.16. The molecule has 1 aromatic rings. The quantitative estimate of drug-likeness (QED) is 0.584. The average molecular weight is 362 g/mol. The number of nitrogens with one attached hydrogen (secondary N) is 1. The number of hydrogen-bond acceptors (Lipinski definition) is 4. The second-order valence-corrected chi connectivity index (χ2v) is 5.81. The van der Waals surface area contributed by atoms with Crippen LogP contribution in [0.3, 0.4) is 0 Å². The van der Waals surface area contributed by atoms with E-state index in [1.165, 1.54) is 0 Å². The number of benzene rings is 1. The van der Waals surface area contributed by atoms with Crippen LogP contribution in [0.15, 0.2) is 18.2 Å². The summed E-state index contributed by atoms with van der Waals surface area (Å²) in [5.41, 5.74) is 7.88. The van der Waals surface area contributed by atoms with Crippen molar-refractivity contribution >= 4 is 46.5 Å². The highest BCUT2D eigenvalue weighted by atomic mass is 35.5. The highest BCUT2D eigenvalue weighted by molar-refractivity contribution is 6.18. The fourth-order valence-corrected chi connectivity index (χ4v) is 2.43. The number of halogens is 2. The standard InChI is InChI=1S/C15H21Cl2N3O3/c1-10-2-3-11(20(6-4-16)7-5-17)8-13(10)19-15(23)12(18)9-14(21)22/h2-3,8,12H,4-7,9,18H2,1H3,(H,19,23)(H,21,22). The van der Waals surface area contributed by atoms with Gasteiger partial charge < -0.3 is 21.1 Å². The first-order chi connectivity index (χ1) is 10.9. The van der Waals surface area contributed by atoms with Gasteiger partial charge in [0.25, 0.3) is 0 Å². The fraction of sp³-hybridized carbons (Fsp3) is 0.467. The number of anilines is 2. The Bertz CT molecular complexity index is 549. The molecule has 0 heterocycles. The Hall–Kier alpha value is -1.50. The number of hydrogen-bond donors (Lipinski definition) is 3. The van der Waals surface area contributed by atoms with Crippen molar-refractivity contribution < 1.29 is 14.7 Å². The van der Waals surface area contributed by atoms with Gasteiger partial charge in [-0.3, -0.25) is 9.59 Å². The van der Waals surface area contributed by atoms with Gasteiger partial charge in [0.05, 0.1) is 12.5 Å². The van der Waals surface area contributed by atoms with E-state index >= 15 is 0 Å². The molecule has 1 aromatic carbocycles. The van der Waals surface area contributed by atoms with Crippen LogP contribution in [-0.4, -0.2) is 47.9 Å². The first-order valence-corrected chi connectivity index (χ1v) is 8.21. The van der Waals surface area contributed by atoms with Gasteiger partial charge >= 0.3 is 5.97 Å².